The predicted molar refractivity (Wildman–Crippen MR) is 97.3 cm³/mol. The lowest BCUT2D eigenvalue weighted by Gasteiger charge is -2.40. The Labute approximate surface area is 162 Å². The number of nitrogens with zero attached hydrogens (tertiary/aromatic N) is 4. The highest BCUT2D eigenvalue weighted by molar-refractivity contribution is 6.30. The van der Waals surface area contributed by atoms with Gasteiger partial charge in [-0.3, -0.25) is 0 Å². The Morgan fingerprint density at radius 3 is 2.70 bits per heavy atom. The van der Waals surface area contributed by atoms with Gasteiger partial charge in [0.15, 0.2) is 10.8 Å². The van der Waals surface area contributed by atoms with Gasteiger partial charge in [0.25, 0.3) is 0 Å². The molecule has 1 amide bonds. The Kier molecular flexibility index (Phi) is 6.44. The minimum atomic E-state index is -0.824. The van der Waals surface area contributed by atoms with Crippen molar-refractivity contribution in [3.8, 4) is 6.07 Å². The predicted octanol–water partition coefficient (Wildman–Crippen LogP) is 2.04. The van der Waals surface area contributed by atoms with Crippen molar-refractivity contribution in [2.75, 3.05) is 18.6 Å². The zero-order chi connectivity index (χ0) is 20.2. The van der Waals surface area contributed by atoms with Gasteiger partial charge in [-0.25, -0.2) is 19.6 Å². The number of ether oxygens (including phenoxy) is 2. The summed E-state index contributed by atoms with van der Waals surface area (Å²) in [4.78, 5) is 34.4. The molecule has 1 saturated heterocycles. The van der Waals surface area contributed by atoms with Gasteiger partial charge in [-0.15, -0.1) is 0 Å². The van der Waals surface area contributed by atoms with E-state index in [1.54, 1.807) is 25.7 Å². The maximum absolute atomic E-state index is 12.4. The molecule has 1 N–H and O–H groups in total. The molecule has 0 aromatic carbocycles. The quantitative estimate of drug-likeness (QED) is 0.772. The van der Waals surface area contributed by atoms with Gasteiger partial charge in [-0.05, 0) is 33.6 Å². The number of piperidine rings is 1. The first kappa shape index (κ1) is 20.7. The summed E-state index contributed by atoms with van der Waals surface area (Å²) in [7, 11) is 1.27. The van der Waals surface area contributed by atoms with Crippen LogP contribution in [0.3, 0.4) is 0 Å². The molecule has 1 fully saturated rings. The Bertz CT molecular complexity index is 759. The van der Waals surface area contributed by atoms with Crippen molar-refractivity contribution >= 4 is 29.5 Å². The lowest BCUT2D eigenvalue weighted by atomic mass is 9.96. The molecule has 146 valence electrons. The molecular weight excluding hydrogens is 374 g/mol. The zero-order valence-electron chi connectivity index (χ0n) is 15.7. The molecule has 2 unspecified atom stereocenters. The first-order valence-electron chi connectivity index (χ1n) is 8.43. The molecule has 0 spiro atoms. The van der Waals surface area contributed by atoms with Crippen LogP contribution in [0.15, 0.2) is 6.20 Å². The van der Waals surface area contributed by atoms with E-state index >= 15 is 0 Å². The number of nitriles is 1. The van der Waals surface area contributed by atoms with Crippen LogP contribution in [0, 0.1) is 11.3 Å². The number of hydrogen-bond acceptors (Lipinski definition) is 8. The van der Waals surface area contributed by atoms with Crippen LogP contribution in [0.1, 0.15) is 39.3 Å². The Balaban J connectivity index is 2.29. The van der Waals surface area contributed by atoms with E-state index in [0.29, 0.717) is 25.2 Å². The fourth-order valence-electron chi connectivity index (χ4n) is 2.85. The van der Waals surface area contributed by atoms with Crippen molar-refractivity contribution in [3.05, 3.63) is 17.0 Å². The number of aromatic nitrogens is 2. The number of hydrogen-bond donors (Lipinski definition) is 1. The summed E-state index contributed by atoms with van der Waals surface area (Å²) in [6.07, 6.45) is 2.00. The van der Waals surface area contributed by atoms with Crippen LogP contribution >= 0.6 is 11.6 Å². The highest BCUT2D eigenvalue weighted by Crippen LogP contribution is 2.26. The number of carbonyl (C=O) groups is 2. The summed E-state index contributed by atoms with van der Waals surface area (Å²) < 4.78 is 10.2. The first-order valence-corrected chi connectivity index (χ1v) is 8.80. The van der Waals surface area contributed by atoms with E-state index in [0.717, 1.165) is 0 Å². The minimum absolute atomic E-state index is 0.00419. The van der Waals surface area contributed by atoms with Crippen molar-refractivity contribution < 1.29 is 19.1 Å². The van der Waals surface area contributed by atoms with Crippen molar-refractivity contribution in [1.82, 2.24) is 15.3 Å². The van der Waals surface area contributed by atoms with E-state index < -0.39 is 29.7 Å². The normalized spacial score (nSPS) is 19.8. The maximum Gasteiger partial charge on any atom is 0.407 e. The monoisotopic (exact) mass is 395 g/mol. The highest BCUT2D eigenvalue weighted by atomic mass is 35.5. The average Bonchev–Trinajstić information content (AvgIpc) is 2.59. The van der Waals surface area contributed by atoms with Crippen LogP contribution in [0.5, 0.6) is 0 Å². The van der Waals surface area contributed by atoms with Crippen LogP contribution in [0.25, 0.3) is 0 Å². The van der Waals surface area contributed by atoms with Gasteiger partial charge >= 0.3 is 12.1 Å². The summed E-state index contributed by atoms with van der Waals surface area (Å²) >= 11 is 5.97. The number of alkyl carbamates (subject to hydrolysis) is 1. The number of anilines is 1. The second kappa shape index (κ2) is 8.39. The summed E-state index contributed by atoms with van der Waals surface area (Å²) in [5.41, 5.74) is -0.666. The number of methoxy groups -OCH3 is 1. The molecule has 0 saturated carbocycles. The SMILES string of the molecule is COC(=O)C1C(NC(=O)OC(C)(C)C)CCCN1c1cnc(C#N)c(Cl)n1. The summed E-state index contributed by atoms with van der Waals surface area (Å²) in [6, 6.07) is 0.469. The number of carbonyl (C=O) groups excluding carboxylic acids is 2. The third kappa shape index (κ3) is 5.20. The highest BCUT2D eigenvalue weighted by Gasteiger charge is 2.40. The molecule has 1 aliphatic heterocycles. The van der Waals surface area contributed by atoms with Crippen LogP contribution in [-0.2, 0) is 14.3 Å². The van der Waals surface area contributed by atoms with Gasteiger partial charge in [-0.2, -0.15) is 5.26 Å². The number of amides is 1. The molecule has 0 aliphatic carbocycles. The molecular formula is C17H22ClN5O4. The third-order valence-corrected chi connectivity index (χ3v) is 4.16. The molecule has 1 aromatic heterocycles. The molecule has 1 aromatic rings. The van der Waals surface area contributed by atoms with Crippen LogP contribution in [-0.4, -0.2) is 53.4 Å². The number of nitrogens with one attached hydrogen (secondary N) is 1. The van der Waals surface area contributed by atoms with Gasteiger partial charge in [-0.1, -0.05) is 11.6 Å². The third-order valence-electron chi connectivity index (χ3n) is 3.89. The van der Waals surface area contributed by atoms with E-state index in [4.69, 9.17) is 26.3 Å². The summed E-state index contributed by atoms with van der Waals surface area (Å²) in [5.74, 6) is -0.205. The van der Waals surface area contributed by atoms with E-state index in [1.807, 2.05) is 6.07 Å². The van der Waals surface area contributed by atoms with E-state index in [2.05, 4.69) is 15.3 Å². The summed E-state index contributed by atoms with van der Waals surface area (Å²) in [6.45, 7) is 5.76. The van der Waals surface area contributed by atoms with Crippen molar-refractivity contribution in [1.29, 1.82) is 5.26 Å². The Hall–Kier alpha value is -2.60. The number of rotatable bonds is 3. The van der Waals surface area contributed by atoms with E-state index in [-0.39, 0.29) is 10.8 Å². The smallest absolute Gasteiger partial charge is 0.407 e. The second-order valence-electron chi connectivity index (χ2n) is 7.04. The fraction of sp³-hybridized carbons (Fsp3) is 0.588. The van der Waals surface area contributed by atoms with Gasteiger partial charge in [0.2, 0.25) is 0 Å². The van der Waals surface area contributed by atoms with Crippen LogP contribution in [0.2, 0.25) is 5.15 Å². The summed E-state index contributed by atoms with van der Waals surface area (Å²) in [5, 5.41) is 11.6. The minimum Gasteiger partial charge on any atom is -0.467 e. The molecule has 1 aliphatic rings. The maximum atomic E-state index is 12.4. The standard InChI is InChI=1S/C17H22ClN5O4/c1-17(2,3)27-16(25)21-10-6-5-7-23(13(10)15(24)26-4)12-9-20-11(8-19)14(18)22-12/h9-10,13H,5-7H2,1-4H3,(H,21,25). The topological polar surface area (TPSA) is 117 Å². The second-order valence-corrected chi connectivity index (χ2v) is 7.39. The molecule has 2 atom stereocenters. The zero-order valence-corrected chi connectivity index (χ0v) is 16.4. The Morgan fingerprint density at radius 2 is 2.15 bits per heavy atom. The van der Waals surface area contributed by atoms with E-state index in [9.17, 15) is 9.59 Å². The largest absolute Gasteiger partial charge is 0.467 e. The molecule has 0 radical (unpaired) electrons. The number of halogens is 1. The van der Waals surface area contributed by atoms with Crippen molar-refractivity contribution in [2.24, 2.45) is 0 Å². The molecule has 10 heteroatoms. The lowest BCUT2D eigenvalue weighted by Crippen LogP contribution is -2.60. The van der Waals surface area contributed by atoms with Gasteiger partial charge < -0.3 is 19.7 Å². The average molecular weight is 396 g/mol. The van der Waals surface area contributed by atoms with Gasteiger partial charge in [0.1, 0.15) is 23.5 Å². The van der Waals surface area contributed by atoms with Crippen molar-refractivity contribution in [3.63, 3.8) is 0 Å². The number of esters is 1. The molecule has 9 nitrogen and oxygen atoms in total. The van der Waals surface area contributed by atoms with Gasteiger partial charge in [0, 0.05) is 6.54 Å². The lowest BCUT2D eigenvalue weighted by molar-refractivity contribution is -0.143. The first-order chi connectivity index (χ1) is 12.7. The molecule has 27 heavy (non-hydrogen) atoms. The fourth-order valence-corrected chi connectivity index (χ4v) is 3.02. The Morgan fingerprint density at radius 1 is 1.44 bits per heavy atom. The van der Waals surface area contributed by atoms with Crippen molar-refractivity contribution in [2.45, 2.75) is 51.3 Å². The molecule has 2 rings (SSSR count). The molecule has 0 bridgehead atoms. The van der Waals surface area contributed by atoms with Gasteiger partial charge in [0.05, 0.1) is 19.3 Å². The van der Waals surface area contributed by atoms with Crippen LogP contribution in [0.4, 0.5) is 10.6 Å². The van der Waals surface area contributed by atoms with Crippen LogP contribution < -0.4 is 10.2 Å². The molecule has 2 heterocycles. The van der Waals surface area contributed by atoms with E-state index in [1.165, 1.54) is 13.3 Å².